The molecule has 7 heteroatoms. The Bertz CT molecular complexity index is 563. The third-order valence-corrected chi connectivity index (χ3v) is 2.73. The minimum Gasteiger partial charge on any atom is -0.444 e. The number of aromatic nitrogens is 3. The van der Waals surface area contributed by atoms with E-state index >= 15 is 0 Å². The van der Waals surface area contributed by atoms with Gasteiger partial charge >= 0.3 is 6.09 Å². The molecule has 0 atom stereocenters. The highest BCUT2D eigenvalue weighted by Gasteiger charge is 2.19. The number of carbonyl (C=O) groups is 1. The summed E-state index contributed by atoms with van der Waals surface area (Å²) in [4.78, 5) is 24.0. The molecule has 0 aliphatic carbocycles. The lowest BCUT2D eigenvalue weighted by Crippen LogP contribution is -2.27. The van der Waals surface area contributed by atoms with Crippen LogP contribution in [0.4, 0.5) is 9.80 Å². The zero-order valence-corrected chi connectivity index (χ0v) is 11.7. The van der Waals surface area contributed by atoms with Crippen LogP contribution in [0.5, 0.6) is 0 Å². The number of nitrogens with one attached hydrogen (secondary N) is 1. The van der Waals surface area contributed by atoms with E-state index in [1.165, 1.54) is 11.3 Å². The Balaban J connectivity index is 2.15. The van der Waals surface area contributed by atoms with Gasteiger partial charge < -0.3 is 4.74 Å². The lowest BCUT2D eigenvalue weighted by atomic mass is 10.2. The van der Waals surface area contributed by atoms with E-state index in [0.717, 1.165) is 0 Å². The molecule has 0 aliphatic heterocycles. The first-order chi connectivity index (χ1) is 8.96. The maximum Gasteiger partial charge on any atom is 0.412 e. The SMILES string of the molecule is CC(C)(C)OC(=O)Nc1scnc1-c1cnccn1. The van der Waals surface area contributed by atoms with E-state index in [9.17, 15) is 4.79 Å². The van der Waals surface area contributed by atoms with E-state index in [1.807, 2.05) is 20.8 Å². The van der Waals surface area contributed by atoms with Gasteiger partial charge in [-0.05, 0) is 20.8 Å². The molecule has 0 spiro atoms. The van der Waals surface area contributed by atoms with Crippen molar-refractivity contribution < 1.29 is 9.53 Å². The molecular weight excluding hydrogens is 264 g/mol. The van der Waals surface area contributed by atoms with Gasteiger partial charge in [0.25, 0.3) is 0 Å². The number of ether oxygens (including phenoxy) is 1. The van der Waals surface area contributed by atoms with Gasteiger partial charge in [0.1, 0.15) is 22.0 Å². The normalized spacial score (nSPS) is 11.1. The van der Waals surface area contributed by atoms with Crippen LogP contribution in [0.3, 0.4) is 0 Å². The maximum absolute atomic E-state index is 11.7. The number of rotatable bonds is 2. The van der Waals surface area contributed by atoms with Crippen LogP contribution in [0.15, 0.2) is 24.1 Å². The van der Waals surface area contributed by atoms with Crippen molar-refractivity contribution in [2.75, 3.05) is 5.32 Å². The minimum absolute atomic E-state index is 0.512. The third-order valence-electron chi connectivity index (χ3n) is 1.99. The lowest BCUT2D eigenvalue weighted by molar-refractivity contribution is 0.0636. The fourth-order valence-electron chi connectivity index (χ4n) is 1.34. The molecule has 6 nitrogen and oxygen atoms in total. The standard InChI is InChI=1S/C12H14N4O2S/c1-12(2,3)18-11(17)16-10-9(15-7-19-10)8-6-13-4-5-14-8/h4-7H,1-3H3,(H,16,17). The summed E-state index contributed by atoms with van der Waals surface area (Å²) in [5, 5.41) is 3.26. The fraction of sp³-hybridized carbons (Fsp3) is 0.333. The van der Waals surface area contributed by atoms with Crippen molar-refractivity contribution in [3.05, 3.63) is 24.1 Å². The zero-order chi connectivity index (χ0) is 13.9. The summed E-state index contributed by atoms with van der Waals surface area (Å²) in [6.45, 7) is 5.43. The van der Waals surface area contributed by atoms with Gasteiger partial charge in [-0.15, -0.1) is 11.3 Å². The van der Waals surface area contributed by atoms with Crippen molar-refractivity contribution in [1.82, 2.24) is 15.0 Å². The van der Waals surface area contributed by atoms with Gasteiger partial charge in [0.15, 0.2) is 0 Å². The second-order valence-corrected chi connectivity index (χ2v) is 5.60. The number of anilines is 1. The number of nitrogens with zero attached hydrogens (tertiary/aromatic N) is 3. The molecule has 2 aromatic rings. The van der Waals surface area contributed by atoms with Crippen LogP contribution in [-0.2, 0) is 4.74 Å². The molecule has 0 aromatic carbocycles. The maximum atomic E-state index is 11.7. The minimum atomic E-state index is -0.540. The average molecular weight is 278 g/mol. The summed E-state index contributed by atoms with van der Waals surface area (Å²) < 4.78 is 5.19. The first-order valence-corrected chi connectivity index (χ1v) is 6.53. The topological polar surface area (TPSA) is 77.0 Å². The van der Waals surface area contributed by atoms with Crippen LogP contribution >= 0.6 is 11.3 Å². The number of hydrogen-bond acceptors (Lipinski definition) is 6. The molecule has 0 saturated heterocycles. The second-order valence-electron chi connectivity index (χ2n) is 4.75. The summed E-state index contributed by atoms with van der Waals surface area (Å²) >= 11 is 1.31. The highest BCUT2D eigenvalue weighted by Crippen LogP contribution is 2.28. The predicted octanol–water partition coefficient (Wildman–Crippen LogP) is 2.95. The summed E-state index contributed by atoms with van der Waals surface area (Å²) in [6, 6.07) is 0. The number of amides is 1. The Hall–Kier alpha value is -2.02. The quantitative estimate of drug-likeness (QED) is 0.913. The Morgan fingerprint density at radius 3 is 2.74 bits per heavy atom. The van der Waals surface area contributed by atoms with Gasteiger partial charge in [0.2, 0.25) is 0 Å². The smallest absolute Gasteiger partial charge is 0.412 e. The monoisotopic (exact) mass is 278 g/mol. The fourth-order valence-corrected chi connectivity index (χ4v) is 2.01. The molecule has 0 bridgehead atoms. The van der Waals surface area contributed by atoms with Crippen molar-refractivity contribution >= 4 is 22.4 Å². The van der Waals surface area contributed by atoms with E-state index in [-0.39, 0.29) is 0 Å². The number of carbonyl (C=O) groups excluding carboxylic acids is 1. The van der Waals surface area contributed by atoms with Crippen LogP contribution in [0.2, 0.25) is 0 Å². The van der Waals surface area contributed by atoms with Gasteiger partial charge in [0.05, 0.1) is 11.7 Å². The molecule has 0 saturated carbocycles. The zero-order valence-electron chi connectivity index (χ0n) is 10.9. The van der Waals surface area contributed by atoms with E-state index in [1.54, 1.807) is 24.1 Å². The molecule has 0 radical (unpaired) electrons. The Kier molecular flexibility index (Phi) is 3.75. The highest BCUT2D eigenvalue weighted by molar-refractivity contribution is 7.14. The molecule has 0 fully saturated rings. The molecular formula is C12H14N4O2S. The molecule has 1 amide bonds. The van der Waals surface area contributed by atoms with E-state index < -0.39 is 11.7 Å². The molecule has 2 aromatic heterocycles. The summed E-state index contributed by atoms with van der Waals surface area (Å²) in [6.07, 6.45) is 4.24. The summed E-state index contributed by atoms with van der Waals surface area (Å²) in [7, 11) is 0. The lowest BCUT2D eigenvalue weighted by Gasteiger charge is -2.19. The van der Waals surface area contributed by atoms with Crippen molar-refractivity contribution in [3.63, 3.8) is 0 Å². The Morgan fingerprint density at radius 1 is 1.32 bits per heavy atom. The average Bonchev–Trinajstić information content (AvgIpc) is 2.75. The van der Waals surface area contributed by atoms with Crippen LogP contribution in [-0.4, -0.2) is 26.6 Å². The van der Waals surface area contributed by atoms with Crippen molar-refractivity contribution in [2.45, 2.75) is 26.4 Å². The summed E-state index contributed by atoms with van der Waals surface area (Å²) in [5.74, 6) is 0. The van der Waals surface area contributed by atoms with Crippen LogP contribution in [0.25, 0.3) is 11.4 Å². The van der Waals surface area contributed by atoms with Crippen LogP contribution in [0.1, 0.15) is 20.8 Å². The number of hydrogen-bond donors (Lipinski definition) is 1. The predicted molar refractivity (Wildman–Crippen MR) is 73.0 cm³/mol. The third kappa shape index (κ3) is 3.72. The van der Waals surface area contributed by atoms with Crippen molar-refractivity contribution in [2.24, 2.45) is 0 Å². The van der Waals surface area contributed by atoms with E-state index in [4.69, 9.17) is 4.74 Å². The highest BCUT2D eigenvalue weighted by atomic mass is 32.1. The Morgan fingerprint density at radius 2 is 2.11 bits per heavy atom. The molecule has 100 valence electrons. The molecule has 1 N–H and O–H groups in total. The van der Waals surface area contributed by atoms with E-state index in [0.29, 0.717) is 16.4 Å². The molecule has 2 rings (SSSR count). The van der Waals surface area contributed by atoms with E-state index in [2.05, 4.69) is 20.3 Å². The molecule has 2 heterocycles. The van der Waals surface area contributed by atoms with Gasteiger partial charge in [-0.3, -0.25) is 15.3 Å². The van der Waals surface area contributed by atoms with Crippen LogP contribution < -0.4 is 5.32 Å². The van der Waals surface area contributed by atoms with Crippen molar-refractivity contribution in [1.29, 1.82) is 0 Å². The van der Waals surface area contributed by atoms with Gasteiger partial charge in [-0.1, -0.05) is 0 Å². The largest absolute Gasteiger partial charge is 0.444 e. The Labute approximate surface area is 114 Å². The van der Waals surface area contributed by atoms with Crippen molar-refractivity contribution in [3.8, 4) is 11.4 Å². The second kappa shape index (κ2) is 5.31. The summed E-state index contributed by atoms with van der Waals surface area (Å²) in [5.41, 5.74) is 2.29. The van der Waals surface area contributed by atoms with Gasteiger partial charge in [-0.2, -0.15) is 0 Å². The van der Waals surface area contributed by atoms with Gasteiger partial charge in [0, 0.05) is 12.4 Å². The molecule has 0 aliphatic rings. The number of thiazole rings is 1. The first-order valence-electron chi connectivity index (χ1n) is 5.65. The molecule has 19 heavy (non-hydrogen) atoms. The molecule has 0 unspecified atom stereocenters. The van der Waals surface area contributed by atoms with Gasteiger partial charge in [-0.25, -0.2) is 9.78 Å². The van der Waals surface area contributed by atoms with Crippen LogP contribution in [0, 0.1) is 0 Å². The first kappa shape index (κ1) is 13.4.